The first-order chi connectivity index (χ1) is 12.4. The normalized spacial score (nSPS) is 11.0. The van der Waals surface area contributed by atoms with E-state index in [1.165, 1.54) is 13.2 Å². The molecule has 0 bridgehead atoms. The topological polar surface area (TPSA) is 84.5 Å². The van der Waals surface area contributed by atoms with Gasteiger partial charge in [-0.25, -0.2) is 8.42 Å². The van der Waals surface area contributed by atoms with Crippen molar-refractivity contribution in [3.8, 4) is 5.75 Å². The second kappa shape index (κ2) is 9.05. The fraction of sp³-hybridized carbons (Fsp3) is 0.278. The van der Waals surface area contributed by atoms with Crippen molar-refractivity contribution in [1.29, 1.82) is 0 Å². The van der Waals surface area contributed by atoms with Crippen molar-refractivity contribution >= 4 is 37.5 Å². The Kier molecular flexibility index (Phi) is 7.05. The largest absolute Gasteiger partial charge is 0.495 e. The number of hydrogen-bond donors (Lipinski definition) is 2. The number of para-hydroxylation sites is 1. The minimum absolute atomic E-state index is 0.0180. The van der Waals surface area contributed by atoms with Crippen molar-refractivity contribution in [2.75, 3.05) is 18.4 Å². The number of methoxy groups -OCH3 is 1. The molecule has 0 aromatic heterocycles. The summed E-state index contributed by atoms with van der Waals surface area (Å²) in [5, 5.41) is 2.79. The van der Waals surface area contributed by atoms with Gasteiger partial charge in [0, 0.05) is 11.0 Å². The average Bonchev–Trinajstić information content (AvgIpc) is 2.62. The number of nitrogens with one attached hydrogen (secondary N) is 2. The number of sulfonamides is 1. The molecule has 2 N–H and O–H groups in total. The number of benzene rings is 2. The lowest BCUT2D eigenvalue weighted by atomic mass is 10.1. The molecule has 0 unspecified atom stereocenters. The molecule has 6 nitrogen and oxygen atoms in total. The van der Waals surface area contributed by atoms with E-state index in [2.05, 4.69) is 26.0 Å². The number of rotatable bonds is 8. The maximum atomic E-state index is 12.8. The van der Waals surface area contributed by atoms with E-state index in [-0.39, 0.29) is 27.8 Å². The number of hydrogen-bond acceptors (Lipinski definition) is 4. The smallest absolute Gasteiger partial charge is 0.265 e. The van der Waals surface area contributed by atoms with Crippen molar-refractivity contribution in [3.05, 3.63) is 52.5 Å². The summed E-state index contributed by atoms with van der Waals surface area (Å²) in [6.45, 7) is 2.56. The van der Waals surface area contributed by atoms with E-state index in [0.717, 1.165) is 12.8 Å². The summed E-state index contributed by atoms with van der Waals surface area (Å²) in [5.41, 5.74) is 0.477. The van der Waals surface area contributed by atoms with Crippen LogP contribution in [-0.2, 0) is 10.0 Å². The zero-order valence-corrected chi connectivity index (χ0v) is 17.0. The Balaban J connectivity index is 2.33. The van der Waals surface area contributed by atoms with E-state index < -0.39 is 10.0 Å². The third-order valence-corrected chi connectivity index (χ3v) is 5.53. The Morgan fingerprint density at radius 2 is 1.92 bits per heavy atom. The van der Waals surface area contributed by atoms with Crippen LogP contribution in [0.3, 0.4) is 0 Å². The number of unbranched alkanes of at least 4 members (excludes halogenated alkanes) is 1. The third kappa shape index (κ3) is 4.98. The van der Waals surface area contributed by atoms with Crippen LogP contribution < -0.4 is 14.8 Å². The fourth-order valence-electron chi connectivity index (χ4n) is 2.30. The summed E-state index contributed by atoms with van der Waals surface area (Å²) in [6.07, 6.45) is 1.81. The molecule has 2 rings (SSSR count). The van der Waals surface area contributed by atoms with Crippen LogP contribution in [0.1, 0.15) is 30.1 Å². The highest BCUT2D eigenvalue weighted by atomic mass is 79.9. The zero-order chi connectivity index (χ0) is 19.2. The van der Waals surface area contributed by atoms with Crippen molar-refractivity contribution in [1.82, 2.24) is 5.32 Å². The molecule has 0 saturated heterocycles. The number of anilines is 1. The first-order valence-corrected chi connectivity index (χ1v) is 10.4. The molecule has 26 heavy (non-hydrogen) atoms. The number of carbonyl (C=O) groups is 1. The number of ether oxygens (including phenoxy) is 1. The summed E-state index contributed by atoms with van der Waals surface area (Å²) in [5.74, 6) is -0.108. The molecule has 0 aliphatic rings. The van der Waals surface area contributed by atoms with E-state index in [0.29, 0.717) is 11.0 Å². The van der Waals surface area contributed by atoms with Crippen LogP contribution in [0.2, 0.25) is 0 Å². The molecule has 140 valence electrons. The molecule has 0 aliphatic heterocycles. The first-order valence-electron chi connectivity index (χ1n) is 8.12. The lowest BCUT2D eigenvalue weighted by Crippen LogP contribution is -2.26. The van der Waals surface area contributed by atoms with Crippen molar-refractivity contribution in [2.45, 2.75) is 24.7 Å². The summed E-state index contributed by atoms with van der Waals surface area (Å²) in [4.78, 5) is 12.3. The number of carbonyl (C=O) groups excluding carboxylic acids is 1. The summed E-state index contributed by atoms with van der Waals surface area (Å²) in [6, 6.07) is 11.2. The van der Waals surface area contributed by atoms with Gasteiger partial charge in [-0.05, 0) is 36.8 Å². The number of amides is 1. The van der Waals surface area contributed by atoms with E-state index in [4.69, 9.17) is 4.74 Å². The Labute approximate surface area is 162 Å². The predicted octanol–water partition coefficient (Wildman–Crippen LogP) is 3.79. The minimum Gasteiger partial charge on any atom is -0.495 e. The van der Waals surface area contributed by atoms with Crippen LogP contribution in [0, 0.1) is 0 Å². The van der Waals surface area contributed by atoms with Gasteiger partial charge in [0.05, 0.1) is 18.4 Å². The van der Waals surface area contributed by atoms with Gasteiger partial charge in [0.15, 0.2) is 0 Å². The van der Waals surface area contributed by atoms with Crippen molar-refractivity contribution in [2.24, 2.45) is 0 Å². The van der Waals surface area contributed by atoms with E-state index >= 15 is 0 Å². The molecule has 1 amide bonds. The minimum atomic E-state index is -3.94. The standard InChI is InChI=1S/C18H21BrN2O4S/c1-3-4-11-20-18(22)14-7-5-6-8-15(14)21-26(23,24)17-12-13(19)9-10-16(17)25-2/h5-10,12,21H,3-4,11H2,1-2H3,(H,20,22). The highest BCUT2D eigenvalue weighted by molar-refractivity contribution is 9.10. The predicted molar refractivity (Wildman–Crippen MR) is 105 cm³/mol. The Morgan fingerprint density at radius 1 is 1.19 bits per heavy atom. The van der Waals surface area contributed by atoms with Gasteiger partial charge < -0.3 is 10.1 Å². The van der Waals surface area contributed by atoms with Crippen LogP contribution in [0.15, 0.2) is 51.8 Å². The molecular weight excluding hydrogens is 420 g/mol. The van der Waals surface area contributed by atoms with E-state index in [1.54, 1.807) is 36.4 Å². The number of halogens is 1. The molecule has 0 saturated carbocycles. The lowest BCUT2D eigenvalue weighted by molar-refractivity contribution is 0.0954. The maximum absolute atomic E-state index is 12.8. The highest BCUT2D eigenvalue weighted by Crippen LogP contribution is 2.29. The molecule has 0 atom stereocenters. The fourth-order valence-corrected chi connectivity index (χ4v) is 4.09. The molecule has 0 heterocycles. The van der Waals surface area contributed by atoms with Crippen LogP contribution in [0.4, 0.5) is 5.69 Å². The van der Waals surface area contributed by atoms with E-state index in [9.17, 15) is 13.2 Å². The molecule has 8 heteroatoms. The van der Waals surface area contributed by atoms with Crippen LogP contribution in [-0.4, -0.2) is 28.0 Å². The van der Waals surface area contributed by atoms with E-state index in [1.807, 2.05) is 6.92 Å². The van der Waals surface area contributed by atoms with Gasteiger partial charge in [-0.15, -0.1) is 0 Å². The third-order valence-electron chi connectivity index (χ3n) is 3.65. The summed E-state index contributed by atoms with van der Waals surface area (Å²) < 4.78 is 33.9. The van der Waals surface area contributed by atoms with Crippen molar-refractivity contribution < 1.29 is 17.9 Å². The van der Waals surface area contributed by atoms with Crippen LogP contribution in [0.5, 0.6) is 5.75 Å². The lowest BCUT2D eigenvalue weighted by Gasteiger charge is -2.14. The summed E-state index contributed by atoms with van der Waals surface area (Å²) in [7, 11) is -2.54. The quantitative estimate of drug-likeness (QED) is 0.611. The molecule has 0 spiro atoms. The first kappa shape index (κ1) is 20.3. The Bertz CT molecular complexity index is 885. The molecule has 0 fully saturated rings. The Hall–Kier alpha value is -2.06. The highest BCUT2D eigenvalue weighted by Gasteiger charge is 2.22. The van der Waals surface area contributed by atoms with Gasteiger partial charge >= 0.3 is 0 Å². The zero-order valence-electron chi connectivity index (χ0n) is 14.6. The Morgan fingerprint density at radius 3 is 2.62 bits per heavy atom. The van der Waals surface area contributed by atoms with Gasteiger partial charge in [-0.2, -0.15) is 0 Å². The molecular formula is C18H21BrN2O4S. The van der Waals surface area contributed by atoms with Gasteiger partial charge in [-0.3, -0.25) is 9.52 Å². The molecule has 0 aliphatic carbocycles. The molecule has 0 radical (unpaired) electrons. The maximum Gasteiger partial charge on any atom is 0.265 e. The van der Waals surface area contributed by atoms with Gasteiger partial charge in [0.25, 0.3) is 15.9 Å². The monoisotopic (exact) mass is 440 g/mol. The van der Waals surface area contributed by atoms with Gasteiger partial charge in [0.2, 0.25) is 0 Å². The molecule has 2 aromatic carbocycles. The van der Waals surface area contributed by atoms with Crippen LogP contribution >= 0.6 is 15.9 Å². The van der Waals surface area contributed by atoms with Crippen molar-refractivity contribution in [3.63, 3.8) is 0 Å². The molecule has 2 aromatic rings. The second-order valence-electron chi connectivity index (χ2n) is 5.56. The summed E-state index contributed by atoms with van der Waals surface area (Å²) >= 11 is 3.26. The SMILES string of the molecule is CCCCNC(=O)c1ccccc1NS(=O)(=O)c1cc(Br)ccc1OC. The van der Waals surface area contributed by atoms with Gasteiger partial charge in [-0.1, -0.05) is 41.4 Å². The second-order valence-corrected chi connectivity index (χ2v) is 8.12. The van der Waals surface area contributed by atoms with Crippen LogP contribution in [0.25, 0.3) is 0 Å². The van der Waals surface area contributed by atoms with Gasteiger partial charge in [0.1, 0.15) is 10.6 Å². The average molecular weight is 441 g/mol.